The molecule has 1 aliphatic rings. The number of hydrogen-bond acceptors (Lipinski definition) is 1. The molecule has 1 N–H and O–H groups in total. The fraction of sp³-hybridized carbons (Fsp3) is 0.286. The first-order chi connectivity index (χ1) is 20.8. The van der Waals surface area contributed by atoms with E-state index < -0.39 is 0 Å². The number of aliphatic hydroxyl groups is 1. The summed E-state index contributed by atoms with van der Waals surface area (Å²) in [4.78, 5) is 0. The van der Waals surface area contributed by atoms with Gasteiger partial charge in [0.15, 0.2) is 0 Å². The molecule has 1 aliphatic carbocycles. The maximum absolute atomic E-state index is 7.33. The molecule has 0 aliphatic heterocycles. The summed E-state index contributed by atoms with van der Waals surface area (Å²) in [5.74, 6) is 0.833. The van der Waals surface area contributed by atoms with Crippen LogP contribution in [0.3, 0.4) is 0 Å². The van der Waals surface area contributed by atoms with E-state index in [4.69, 9.17) is 5.11 Å². The predicted octanol–water partition coefficient (Wildman–Crippen LogP) is 13.6. The highest BCUT2D eigenvalue weighted by atomic mass is 16.2. The van der Waals surface area contributed by atoms with Crippen LogP contribution in [0.15, 0.2) is 127 Å². The van der Waals surface area contributed by atoms with Crippen molar-refractivity contribution in [3.63, 3.8) is 0 Å². The predicted molar refractivity (Wildman–Crippen MR) is 200 cm³/mol. The van der Waals surface area contributed by atoms with Crippen molar-refractivity contribution in [1.29, 1.82) is 0 Å². The Labute approximate surface area is 265 Å². The van der Waals surface area contributed by atoms with E-state index in [9.17, 15) is 0 Å². The summed E-state index contributed by atoms with van der Waals surface area (Å²) in [7, 11) is 0. The molecular formula is C42H58O. The second-order valence-corrected chi connectivity index (χ2v) is 9.67. The van der Waals surface area contributed by atoms with Gasteiger partial charge >= 0.3 is 0 Å². The zero-order valence-electron chi connectivity index (χ0n) is 28.6. The van der Waals surface area contributed by atoms with E-state index in [1.165, 1.54) is 39.0 Å². The third-order valence-corrected chi connectivity index (χ3v) is 5.39. The molecule has 1 heteroatoms. The van der Waals surface area contributed by atoms with Crippen molar-refractivity contribution >= 4 is 24.3 Å². The Bertz CT molecular complexity index is 1240. The van der Waals surface area contributed by atoms with Crippen LogP contribution in [-0.4, -0.2) is 5.11 Å². The highest BCUT2D eigenvalue weighted by Crippen LogP contribution is 2.23. The first-order valence-electron chi connectivity index (χ1n) is 15.7. The monoisotopic (exact) mass is 578 g/mol. The first kappa shape index (κ1) is 41.0. The standard InChI is InChI=1S/C32H32.C4H10.C2H4O.2C2H6/c1-4-13-27(5-2)20-22-31-24-30(19-18-28-16-11-8-12-17-28)25-32(26(31)3)23-21-29-14-9-6-7-10-15-29;1-4(2)3;1-2-3;2*1-2/h4-6,8-25H,7H2,1-3H3;4H,1-3H3;2-3H,1H2;2*1-2H3/b13-4-,19-18+,22-20+,23-21+,27-5+;;;;. The van der Waals surface area contributed by atoms with Crippen LogP contribution in [0.1, 0.15) is 96.6 Å². The van der Waals surface area contributed by atoms with Gasteiger partial charge < -0.3 is 5.11 Å². The Morgan fingerprint density at radius 3 is 1.91 bits per heavy atom. The third-order valence-electron chi connectivity index (χ3n) is 5.39. The maximum Gasteiger partial charge on any atom is 0.0719 e. The average molecular weight is 579 g/mol. The van der Waals surface area contributed by atoms with Gasteiger partial charge in [-0.15, -0.1) is 0 Å². The molecule has 2 aromatic carbocycles. The van der Waals surface area contributed by atoms with Crippen LogP contribution in [0.4, 0.5) is 0 Å². The Hall–Kier alpha value is -4.10. The molecule has 0 bridgehead atoms. The zero-order valence-corrected chi connectivity index (χ0v) is 28.6. The molecule has 0 radical (unpaired) electrons. The Morgan fingerprint density at radius 2 is 1.35 bits per heavy atom. The fourth-order valence-corrected chi connectivity index (χ4v) is 3.50. The summed E-state index contributed by atoms with van der Waals surface area (Å²) in [6.45, 7) is 23.7. The highest BCUT2D eigenvalue weighted by molar-refractivity contribution is 5.75. The number of benzene rings is 2. The van der Waals surface area contributed by atoms with Crippen molar-refractivity contribution in [2.75, 3.05) is 0 Å². The van der Waals surface area contributed by atoms with E-state index in [0.29, 0.717) is 0 Å². The topological polar surface area (TPSA) is 20.2 Å². The van der Waals surface area contributed by atoms with Crippen LogP contribution < -0.4 is 0 Å². The molecule has 0 atom stereocenters. The summed E-state index contributed by atoms with van der Waals surface area (Å²) < 4.78 is 0. The lowest BCUT2D eigenvalue weighted by Crippen LogP contribution is -1.89. The Kier molecular flexibility index (Phi) is 26.8. The summed E-state index contributed by atoms with van der Waals surface area (Å²) in [5, 5.41) is 7.33. The van der Waals surface area contributed by atoms with E-state index in [2.05, 4.69) is 163 Å². The third kappa shape index (κ3) is 20.4. The summed E-state index contributed by atoms with van der Waals surface area (Å²) in [6, 6.07) is 15.0. The lowest BCUT2D eigenvalue weighted by atomic mass is 9.96. The first-order valence-corrected chi connectivity index (χ1v) is 15.7. The Balaban J connectivity index is 0. The molecule has 43 heavy (non-hydrogen) atoms. The lowest BCUT2D eigenvalue weighted by Gasteiger charge is -2.09. The van der Waals surface area contributed by atoms with Crippen LogP contribution >= 0.6 is 0 Å². The minimum atomic E-state index is 0.750. The smallest absolute Gasteiger partial charge is 0.0719 e. The molecule has 0 spiro atoms. The van der Waals surface area contributed by atoms with Gasteiger partial charge in [0, 0.05) is 0 Å². The quantitative estimate of drug-likeness (QED) is 0.197. The van der Waals surface area contributed by atoms with Gasteiger partial charge in [-0.1, -0.05) is 170 Å². The SMILES string of the molecule is C=CO.CC.CC.CC(C)C.C\C=C/C(/C=C/c1cc(/C=C/c2ccccc2)cc(/C=C/C2=CC=CCC=C2)c1C)=C\C. The average Bonchev–Trinajstić information content (AvgIpc) is 3.30. The van der Waals surface area contributed by atoms with Crippen molar-refractivity contribution < 1.29 is 5.11 Å². The minimum absolute atomic E-state index is 0.750. The van der Waals surface area contributed by atoms with E-state index in [-0.39, 0.29) is 0 Å². The molecule has 0 aromatic heterocycles. The van der Waals surface area contributed by atoms with E-state index in [1.54, 1.807) is 0 Å². The van der Waals surface area contributed by atoms with E-state index in [0.717, 1.165) is 18.6 Å². The summed E-state index contributed by atoms with van der Waals surface area (Å²) in [6.07, 6.45) is 32.1. The fourth-order valence-electron chi connectivity index (χ4n) is 3.50. The van der Waals surface area contributed by atoms with E-state index in [1.807, 2.05) is 40.7 Å². The zero-order chi connectivity index (χ0) is 32.9. The van der Waals surface area contributed by atoms with E-state index >= 15 is 0 Å². The van der Waals surface area contributed by atoms with Gasteiger partial charge in [0.25, 0.3) is 0 Å². The maximum atomic E-state index is 7.33. The summed E-state index contributed by atoms with van der Waals surface area (Å²) in [5.41, 5.74) is 8.55. The molecule has 2 aromatic rings. The molecular weight excluding hydrogens is 520 g/mol. The number of hydrogen-bond donors (Lipinski definition) is 1. The molecule has 0 unspecified atom stereocenters. The molecule has 232 valence electrons. The number of aliphatic hydroxyl groups excluding tert-OH is 1. The molecule has 0 saturated heterocycles. The van der Waals surface area contributed by atoms with Gasteiger partial charge in [0.1, 0.15) is 0 Å². The van der Waals surface area contributed by atoms with Crippen molar-refractivity contribution in [3.05, 3.63) is 155 Å². The molecule has 0 amide bonds. The van der Waals surface area contributed by atoms with Gasteiger partial charge in [-0.2, -0.15) is 0 Å². The van der Waals surface area contributed by atoms with Crippen molar-refractivity contribution in [1.82, 2.24) is 0 Å². The molecule has 1 nitrogen and oxygen atoms in total. The van der Waals surface area contributed by atoms with Crippen molar-refractivity contribution in [2.24, 2.45) is 5.92 Å². The van der Waals surface area contributed by atoms with Crippen molar-refractivity contribution in [2.45, 2.75) is 75.7 Å². The van der Waals surface area contributed by atoms with Crippen LogP contribution in [0, 0.1) is 12.8 Å². The van der Waals surface area contributed by atoms with Gasteiger partial charge in [0.05, 0.1) is 6.26 Å². The molecule has 0 fully saturated rings. The van der Waals surface area contributed by atoms with Gasteiger partial charge in [-0.25, -0.2) is 0 Å². The molecule has 0 saturated carbocycles. The van der Waals surface area contributed by atoms with Gasteiger partial charge in [0.2, 0.25) is 0 Å². The lowest BCUT2D eigenvalue weighted by molar-refractivity contribution is 0.476. The largest absolute Gasteiger partial charge is 0.516 e. The highest BCUT2D eigenvalue weighted by Gasteiger charge is 2.03. The second-order valence-electron chi connectivity index (χ2n) is 9.67. The van der Waals surface area contributed by atoms with Crippen LogP contribution in [-0.2, 0) is 0 Å². The number of rotatable bonds is 7. The van der Waals surface area contributed by atoms with Crippen LogP contribution in [0.25, 0.3) is 24.3 Å². The van der Waals surface area contributed by atoms with Gasteiger partial charge in [-0.3, -0.25) is 0 Å². The molecule has 0 heterocycles. The summed E-state index contributed by atoms with van der Waals surface area (Å²) >= 11 is 0. The Morgan fingerprint density at radius 1 is 0.791 bits per heavy atom. The van der Waals surface area contributed by atoms with Crippen LogP contribution in [0.5, 0.6) is 0 Å². The second kappa shape index (κ2) is 28.0. The van der Waals surface area contributed by atoms with Crippen molar-refractivity contribution in [3.8, 4) is 0 Å². The van der Waals surface area contributed by atoms with Crippen LogP contribution in [0.2, 0.25) is 0 Å². The van der Waals surface area contributed by atoms with Gasteiger partial charge in [-0.05, 0) is 84.2 Å². The minimum Gasteiger partial charge on any atom is -0.516 e. The normalized spacial score (nSPS) is 12.4. The number of allylic oxidation sites excluding steroid dienone is 12. The molecule has 3 rings (SSSR count).